The van der Waals surface area contributed by atoms with Crippen molar-refractivity contribution in [2.75, 3.05) is 6.67 Å². The van der Waals surface area contributed by atoms with Crippen LogP contribution in [0.3, 0.4) is 0 Å². The van der Waals surface area contributed by atoms with Crippen LogP contribution in [0.1, 0.15) is 81.5 Å². The third kappa shape index (κ3) is 4.42. The molecule has 1 saturated heterocycles. The number of rotatable bonds is 7. The molecule has 1 aliphatic carbocycles. The highest BCUT2D eigenvalue weighted by Gasteiger charge is 2.54. The molecule has 0 amide bonds. The Kier molecular flexibility index (Phi) is 6.75. The standard InChI is InChI=1S/C27H32BClF2N2O3S/c1-7-9-18(8-2)33-24(21-14-32-23(37-21)16-10-11-16)34-20-13-17(12-19(31)22(20)27(33,29)15-30)28-35-25(3,4)26(5,6)36-28/h7,9,12-14,16,24H,1,8,10-11,15H2,2-6H3/b18-9+/t24?,27-/m0/s1. The number of halogens is 3. The van der Waals surface area contributed by atoms with Crippen molar-refractivity contribution in [1.82, 2.24) is 9.88 Å². The van der Waals surface area contributed by atoms with Gasteiger partial charge in [-0.1, -0.05) is 31.2 Å². The number of benzene rings is 1. The van der Waals surface area contributed by atoms with Crippen LogP contribution in [-0.2, 0) is 14.3 Å². The van der Waals surface area contributed by atoms with E-state index in [9.17, 15) is 0 Å². The Morgan fingerprint density at radius 2 is 1.95 bits per heavy atom. The van der Waals surface area contributed by atoms with Crippen LogP contribution in [0, 0.1) is 5.82 Å². The molecule has 1 saturated carbocycles. The van der Waals surface area contributed by atoms with E-state index in [-0.39, 0.29) is 11.3 Å². The minimum Gasteiger partial charge on any atom is -0.465 e. The summed E-state index contributed by atoms with van der Waals surface area (Å²) in [5, 5.41) is 1.02. The first-order valence-corrected chi connectivity index (χ1v) is 13.8. The van der Waals surface area contributed by atoms with Crippen LogP contribution in [0.25, 0.3) is 0 Å². The maximum absolute atomic E-state index is 15.9. The van der Waals surface area contributed by atoms with Crippen molar-refractivity contribution in [3.05, 3.63) is 64.0 Å². The van der Waals surface area contributed by atoms with Crippen LogP contribution < -0.4 is 10.2 Å². The highest BCUT2D eigenvalue weighted by atomic mass is 35.5. The van der Waals surface area contributed by atoms with Gasteiger partial charge in [0.2, 0.25) is 6.23 Å². The van der Waals surface area contributed by atoms with Gasteiger partial charge in [0, 0.05) is 17.8 Å². The predicted molar refractivity (Wildman–Crippen MR) is 143 cm³/mol. The zero-order valence-electron chi connectivity index (χ0n) is 21.8. The number of hydrogen-bond acceptors (Lipinski definition) is 6. The minimum absolute atomic E-state index is 0.0523. The Bertz CT molecular complexity index is 1230. The fourth-order valence-corrected chi connectivity index (χ4v) is 6.28. The van der Waals surface area contributed by atoms with Crippen LogP contribution in [0.15, 0.2) is 42.8 Å². The number of alkyl halides is 2. The van der Waals surface area contributed by atoms with Crippen molar-refractivity contribution < 1.29 is 22.8 Å². The van der Waals surface area contributed by atoms with Gasteiger partial charge in [0.1, 0.15) is 18.2 Å². The van der Waals surface area contributed by atoms with E-state index in [1.807, 2.05) is 34.6 Å². The maximum Gasteiger partial charge on any atom is 0.495 e. The van der Waals surface area contributed by atoms with Gasteiger partial charge in [-0.3, -0.25) is 0 Å². The van der Waals surface area contributed by atoms with E-state index in [0.717, 1.165) is 22.7 Å². The monoisotopic (exact) mass is 548 g/mol. The lowest BCUT2D eigenvalue weighted by molar-refractivity contribution is -0.0326. The van der Waals surface area contributed by atoms with Crippen molar-refractivity contribution in [1.29, 1.82) is 0 Å². The molecule has 2 fully saturated rings. The first kappa shape index (κ1) is 26.7. The van der Waals surface area contributed by atoms with E-state index in [4.69, 9.17) is 25.6 Å². The Morgan fingerprint density at radius 3 is 2.51 bits per heavy atom. The van der Waals surface area contributed by atoms with E-state index in [2.05, 4.69) is 11.6 Å². The van der Waals surface area contributed by atoms with Crippen LogP contribution in [0.5, 0.6) is 5.75 Å². The van der Waals surface area contributed by atoms with Crippen molar-refractivity contribution in [3.8, 4) is 5.75 Å². The summed E-state index contributed by atoms with van der Waals surface area (Å²) in [7, 11) is -0.809. The lowest BCUT2D eigenvalue weighted by atomic mass is 9.77. The number of fused-ring (bicyclic) bond motifs is 1. The largest absolute Gasteiger partial charge is 0.495 e. The van der Waals surface area contributed by atoms with Gasteiger partial charge in [-0.05, 0) is 70.6 Å². The molecule has 1 aromatic heterocycles. The Labute approximate surface area is 226 Å². The lowest BCUT2D eigenvalue weighted by Crippen LogP contribution is -2.51. The number of allylic oxidation sites excluding steroid dienone is 3. The van der Waals surface area contributed by atoms with Crippen molar-refractivity contribution in [3.63, 3.8) is 0 Å². The normalized spacial score (nSPS) is 26.7. The first-order chi connectivity index (χ1) is 17.5. The minimum atomic E-state index is -1.84. The van der Waals surface area contributed by atoms with Crippen LogP contribution in [-0.4, -0.2) is 34.9 Å². The summed E-state index contributed by atoms with van der Waals surface area (Å²) in [6.45, 7) is 12.4. The molecular weight excluding hydrogens is 517 g/mol. The molecular formula is C27H32BClF2N2O3S. The molecule has 0 bridgehead atoms. The predicted octanol–water partition coefficient (Wildman–Crippen LogP) is 6.69. The maximum atomic E-state index is 15.9. The SMILES string of the molecule is C=C/C=C(\CC)N1C(c2cnc(C3CC3)s2)Oc2cc(B3OC(C)(C)C(C)(C)O3)cc(F)c2[C@]1(Cl)CF. The van der Waals surface area contributed by atoms with Gasteiger partial charge < -0.3 is 18.9 Å². The number of ether oxygens (including phenoxy) is 1. The van der Waals surface area contributed by atoms with E-state index >= 15 is 8.78 Å². The summed E-state index contributed by atoms with van der Waals surface area (Å²) >= 11 is 8.60. The van der Waals surface area contributed by atoms with Gasteiger partial charge in [0.25, 0.3) is 0 Å². The van der Waals surface area contributed by atoms with Gasteiger partial charge in [-0.25, -0.2) is 13.8 Å². The number of hydrogen-bond donors (Lipinski definition) is 0. The number of thiazole rings is 1. The molecule has 0 radical (unpaired) electrons. The zero-order chi connectivity index (χ0) is 26.8. The van der Waals surface area contributed by atoms with E-state index in [1.54, 1.807) is 29.3 Å². The molecule has 10 heteroatoms. The van der Waals surface area contributed by atoms with Crippen LogP contribution >= 0.6 is 22.9 Å². The molecule has 0 N–H and O–H groups in total. The molecule has 1 aromatic carbocycles. The molecule has 0 spiro atoms. The van der Waals surface area contributed by atoms with Crippen LogP contribution in [0.2, 0.25) is 0 Å². The Hall–Kier alpha value is -1.94. The third-order valence-corrected chi connectivity index (χ3v) is 9.37. The topological polar surface area (TPSA) is 43.8 Å². The zero-order valence-corrected chi connectivity index (χ0v) is 23.4. The molecule has 3 aliphatic rings. The molecule has 2 atom stereocenters. The van der Waals surface area contributed by atoms with Gasteiger partial charge in [0.05, 0.1) is 26.7 Å². The van der Waals surface area contributed by atoms with E-state index < -0.39 is 42.0 Å². The molecule has 2 aliphatic heterocycles. The fraction of sp³-hybridized carbons (Fsp3) is 0.519. The summed E-state index contributed by atoms with van der Waals surface area (Å²) in [6, 6.07) is 2.96. The van der Waals surface area contributed by atoms with E-state index in [1.165, 1.54) is 17.4 Å². The van der Waals surface area contributed by atoms with E-state index in [0.29, 0.717) is 23.5 Å². The Morgan fingerprint density at radius 1 is 1.27 bits per heavy atom. The fourth-order valence-electron chi connectivity index (χ4n) is 4.79. The van der Waals surface area contributed by atoms with Gasteiger partial charge in [-0.15, -0.1) is 11.3 Å². The molecule has 5 rings (SSSR count). The second-order valence-corrected chi connectivity index (χ2v) is 12.5. The third-order valence-electron chi connectivity index (χ3n) is 7.71. The smallest absolute Gasteiger partial charge is 0.465 e. The Balaban J connectivity index is 1.64. The highest BCUT2D eigenvalue weighted by Crippen LogP contribution is 2.53. The molecule has 2 aromatic rings. The summed E-state index contributed by atoms with van der Waals surface area (Å²) < 4.78 is 49.7. The summed E-state index contributed by atoms with van der Waals surface area (Å²) in [4.78, 5) is 5.16. The van der Waals surface area contributed by atoms with Crippen molar-refractivity contribution in [2.24, 2.45) is 0 Å². The lowest BCUT2D eigenvalue weighted by Gasteiger charge is -2.49. The second-order valence-electron chi connectivity index (χ2n) is 10.8. The van der Waals surface area contributed by atoms with Crippen LogP contribution in [0.4, 0.5) is 8.78 Å². The number of aromatic nitrogens is 1. The van der Waals surface area contributed by atoms with Crippen molar-refractivity contribution >= 4 is 35.5 Å². The molecule has 198 valence electrons. The average Bonchev–Trinajstić information content (AvgIpc) is 3.52. The molecule has 3 heterocycles. The quantitative estimate of drug-likeness (QED) is 0.167. The summed E-state index contributed by atoms with van der Waals surface area (Å²) in [5.74, 6) is -0.0730. The average molecular weight is 549 g/mol. The van der Waals surface area contributed by atoms with Crippen molar-refractivity contribution in [2.45, 2.75) is 82.2 Å². The van der Waals surface area contributed by atoms with Gasteiger partial charge in [-0.2, -0.15) is 0 Å². The first-order valence-electron chi connectivity index (χ1n) is 12.6. The molecule has 5 nitrogen and oxygen atoms in total. The van der Waals surface area contributed by atoms with Gasteiger partial charge in [0.15, 0.2) is 5.00 Å². The van der Waals surface area contributed by atoms with Gasteiger partial charge >= 0.3 is 7.12 Å². The summed E-state index contributed by atoms with van der Waals surface area (Å²) in [6.07, 6.45) is 7.05. The number of nitrogens with zero attached hydrogens (tertiary/aromatic N) is 2. The summed E-state index contributed by atoms with van der Waals surface area (Å²) in [5.41, 5.74) is -0.141. The molecule has 37 heavy (non-hydrogen) atoms. The second kappa shape index (κ2) is 9.36. The highest BCUT2D eigenvalue weighted by molar-refractivity contribution is 7.11. The molecule has 1 unspecified atom stereocenters.